The standard InChI is InChI=1S/C11H15ClFN/c1-7(2)14(4)11-6-10(13)8(3)5-9(11)12/h5-7H,1-4H3. The highest BCUT2D eigenvalue weighted by Crippen LogP contribution is 2.28. The molecule has 0 aromatic heterocycles. The van der Waals surface area contributed by atoms with E-state index in [1.165, 1.54) is 6.07 Å². The quantitative estimate of drug-likeness (QED) is 0.728. The Morgan fingerprint density at radius 3 is 2.43 bits per heavy atom. The van der Waals surface area contributed by atoms with Gasteiger partial charge in [0.05, 0.1) is 10.7 Å². The minimum absolute atomic E-state index is 0.211. The summed E-state index contributed by atoms with van der Waals surface area (Å²) < 4.78 is 13.3. The zero-order valence-corrected chi connectivity index (χ0v) is 9.69. The monoisotopic (exact) mass is 215 g/mol. The Morgan fingerprint density at radius 2 is 1.93 bits per heavy atom. The second kappa shape index (κ2) is 4.18. The smallest absolute Gasteiger partial charge is 0.128 e. The van der Waals surface area contributed by atoms with Crippen LogP contribution in [0.25, 0.3) is 0 Å². The molecule has 78 valence electrons. The van der Waals surface area contributed by atoms with E-state index >= 15 is 0 Å². The highest BCUT2D eigenvalue weighted by Gasteiger charge is 2.11. The third-order valence-corrected chi connectivity index (χ3v) is 2.69. The van der Waals surface area contributed by atoms with Crippen molar-refractivity contribution in [1.82, 2.24) is 0 Å². The number of nitrogens with zero attached hydrogens (tertiary/aromatic N) is 1. The fraction of sp³-hybridized carbons (Fsp3) is 0.455. The van der Waals surface area contributed by atoms with E-state index in [9.17, 15) is 4.39 Å². The van der Waals surface area contributed by atoms with Crippen molar-refractivity contribution in [3.8, 4) is 0 Å². The summed E-state index contributed by atoms with van der Waals surface area (Å²) in [5.74, 6) is -0.211. The van der Waals surface area contributed by atoms with Gasteiger partial charge in [0, 0.05) is 13.1 Å². The summed E-state index contributed by atoms with van der Waals surface area (Å²) in [5, 5.41) is 0.597. The van der Waals surface area contributed by atoms with Gasteiger partial charge in [0.25, 0.3) is 0 Å². The number of anilines is 1. The predicted octanol–water partition coefficient (Wildman–Crippen LogP) is 3.63. The number of hydrogen-bond acceptors (Lipinski definition) is 1. The largest absolute Gasteiger partial charge is 0.371 e. The lowest BCUT2D eigenvalue weighted by Crippen LogP contribution is -2.26. The molecule has 0 saturated heterocycles. The van der Waals surface area contributed by atoms with E-state index in [0.29, 0.717) is 16.6 Å². The number of hydrogen-bond donors (Lipinski definition) is 0. The highest BCUT2D eigenvalue weighted by atomic mass is 35.5. The number of halogens is 2. The Kier molecular flexibility index (Phi) is 3.38. The van der Waals surface area contributed by atoms with Crippen LogP contribution in [0.4, 0.5) is 10.1 Å². The van der Waals surface area contributed by atoms with Crippen LogP contribution in [0.1, 0.15) is 19.4 Å². The second-order valence-corrected chi connectivity index (χ2v) is 4.16. The Balaban J connectivity index is 3.15. The molecule has 0 aliphatic heterocycles. The van der Waals surface area contributed by atoms with Gasteiger partial charge in [-0.3, -0.25) is 0 Å². The number of rotatable bonds is 2. The van der Waals surface area contributed by atoms with Crippen LogP contribution in [-0.2, 0) is 0 Å². The maximum atomic E-state index is 13.3. The Morgan fingerprint density at radius 1 is 1.36 bits per heavy atom. The third kappa shape index (κ3) is 2.18. The second-order valence-electron chi connectivity index (χ2n) is 3.76. The van der Waals surface area contributed by atoms with Crippen molar-refractivity contribution in [2.24, 2.45) is 0 Å². The molecule has 0 radical (unpaired) electrons. The summed E-state index contributed by atoms with van der Waals surface area (Å²) in [7, 11) is 1.90. The van der Waals surface area contributed by atoms with Crippen molar-refractivity contribution in [3.05, 3.63) is 28.5 Å². The number of aryl methyl sites for hydroxylation is 1. The lowest BCUT2D eigenvalue weighted by atomic mass is 10.2. The minimum atomic E-state index is -0.211. The van der Waals surface area contributed by atoms with Crippen LogP contribution in [0.2, 0.25) is 5.02 Å². The first kappa shape index (κ1) is 11.3. The van der Waals surface area contributed by atoms with Gasteiger partial charge in [0.2, 0.25) is 0 Å². The van der Waals surface area contributed by atoms with Crippen LogP contribution in [0.5, 0.6) is 0 Å². The van der Waals surface area contributed by atoms with Gasteiger partial charge in [-0.25, -0.2) is 4.39 Å². The van der Waals surface area contributed by atoms with Crippen molar-refractivity contribution in [1.29, 1.82) is 0 Å². The van der Waals surface area contributed by atoms with Crippen LogP contribution in [-0.4, -0.2) is 13.1 Å². The molecule has 0 aliphatic rings. The van der Waals surface area contributed by atoms with Crippen molar-refractivity contribution in [2.45, 2.75) is 26.8 Å². The summed E-state index contributed by atoms with van der Waals surface area (Å²) in [6, 6.07) is 3.44. The summed E-state index contributed by atoms with van der Waals surface area (Å²) in [6.45, 7) is 5.78. The van der Waals surface area contributed by atoms with E-state index in [2.05, 4.69) is 0 Å². The molecule has 3 heteroatoms. The van der Waals surface area contributed by atoms with Gasteiger partial charge in [-0.2, -0.15) is 0 Å². The lowest BCUT2D eigenvalue weighted by molar-refractivity contribution is 0.616. The zero-order chi connectivity index (χ0) is 10.9. The maximum absolute atomic E-state index is 13.3. The van der Waals surface area contributed by atoms with E-state index in [4.69, 9.17) is 11.6 Å². The van der Waals surface area contributed by atoms with Crippen molar-refractivity contribution in [3.63, 3.8) is 0 Å². The molecule has 1 rings (SSSR count). The van der Waals surface area contributed by atoms with E-state index < -0.39 is 0 Å². The van der Waals surface area contributed by atoms with Crippen LogP contribution in [0.15, 0.2) is 12.1 Å². The molecule has 0 spiro atoms. The van der Waals surface area contributed by atoms with Gasteiger partial charge in [0.1, 0.15) is 5.82 Å². The van der Waals surface area contributed by atoms with Crippen LogP contribution in [0.3, 0.4) is 0 Å². The molecule has 1 nitrogen and oxygen atoms in total. The predicted molar refractivity (Wildman–Crippen MR) is 59.7 cm³/mol. The Labute approximate surface area is 89.5 Å². The molecule has 0 fully saturated rings. The molecule has 0 N–H and O–H groups in total. The molecule has 1 aromatic rings. The van der Waals surface area contributed by atoms with Gasteiger partial charge in [-0.05, 0) is 38.5 Å². The molecule has 0 bridgehead atoms. The average molecular weight is 216 g/mol. The fourth-order valence-corrected chi connectivity index (χ4v) is 1.54. The summed E-state index contributed by atoms with van der Waals surface area (Å²) in [5.41, 5.74) is 1.32. The fourth-order valence-electron chi connectivity index (χ4n) is 1.18. The van der Waals surface area contributed by atoms with Gasteiger partial charge < -0.3 is 4.90 Å². The average Bonchev–Trinajstić information content (AvgIpc) is 2.10. The maximum Gasteiger partial charge on any atom is 0.128 e. The SMILES string of the molecule is Cc1cc(Cl)c(N(C)C(C)C)cc1F. The summed E-state index contributed by atoms with van der Waals surface area (Å²) >= 11 is 6.03. The van der Waals surface area contributed by atoms with Gasteiger partial charge in [0.15, 0.2) is 0 Å². The molecule has 0 aliphatic carbocycles. The number of benzene rings is 1. The van der Waals surface area contributed by atoms with Crippen LogP contribution < -0.4 is 4.90 Å². The lowest BCUT2D eigenvalue weighted by Gasteiger charge is -2.25. The molecule has 0 heterocycles. The molecular formula is C11H15ClFN. The van der Waals surface area contributed by atoms with Crippen LogP contribution >= 0.6 is 11.6 Å². The van der Waals surface area contributed by atoms with Crippen molar-refractivity contribution < 1.29 is 4.39 Å². The van der Waals surface area contributed by atoms with Gasteiger partial charge in [-0.1, -0.05) is 11.6 Å². The summed E-state index contributed by atoms with van der Waals surface area (Å²) in [6.07, 6.45) is 0. The normalized spacial score (nSPS) is 10.8. The van der Waals surface area contributed by atoms with E-state index in [0.717, 1.165) is 5.69 Å². The molecule has 0 amide bonds. The van der Waals surface area contributed by atoms with Crippen molar-refractivity contribution in [2.75, 3.05) is 11.9 Å². The van der Waals surface area contributed by atoms with Crippen molar-refractivity contribution >= 4 is 17.3 Å². The first-order valence-corrected chi connectivity index (χ1v) is 4.99. The van der Waals surface area contributed by atoms with Gasteiger partial charge in [-0.15, -0.1) is 0 Å². The van der Waals surface area contributed by atoms with Crippen LogP contribution in [0, 0.1) is 12.7 Å². The summed E-state index contributed by atoms with van der Waals surface area (Å²) in [4.78, 5) is 1.95. The molecule has 0 unspecified atom stereocenters. The molecular weight excluding hydrogens is 201 g/mol. The molecule has 14 heavy (non-hydrogen) atoms. The molecule has 1 aromatic carbocycles. The highest BCUT2D eigenvalue weighted by molar-refractivity contribution is 6.33. The first-order valence-electron chi connectivity index (χ1n) is 4.62. The molecule has 0 saturated carbocycles. The Bertz CT molecular complexity index is 336. The Hall–Kier alpha value is -0.760. The zero-order valence-electron chi connectivity index (χ0n) is 8.94. The molecule has 0 atom stereocenters. The minimum Gasteiger partial charge on any atom is -0.371 e. The van der Waals surface area contributed by atoms with E-state index in [-0.39, 0.29) is 5.82 Å². The third-order valence-electron chi connectivity index (χ3n) is 2.38. The van der Waals surface area contributed by atoms with E-state index in [1.54, 1.807) is 13.0 Å². The van der Waals surface area contributed by atoms with E-state index in [1.807, 2.05) is 25.8 Å². The first-order chi connectivity index (χ1) is 6.43. The van der Waals surface area contributed by atoms with Gasteiger partial charge >= 0.3 is 0 Å². The topological polar surface area (TPSA) is 3.24 Å².